The Morgan fingerprint density at radius 1 is 1.33 bits per heavy atom. The summed E-state index contributed by atoms with van der Waals surface area (Å²) < 4.78 is 26.5. The van der Waals surface area contributed by atoms with Crippen LogP contribution in [0.4, 0.5) is 8.78 Å². The quantitative estimate of drug-likeness (QED) is 0.806. The predicted octanol–water partition coefficient (Wildman–Crippen LogP) is 2.64. The molecular formula is C11H13F2NS. The number of halogens is 2. The smallest absolute Gasteiger partial charge is 0.260 e. The van der Waals surface area contributed by atoms with E-state index in [1.165, 1.54) is 0 Å². The molecule has 4 heteroatoms. The van der Waals surface area contributed by atoms with E-state index in [1.807, 2.05) is 18.4 Å². The SMILES string of the molecule is CSc1ccc(C2(CN)CC2(F)F)cc1. The van der Waals surface area contributed by atoms with Crippen LogP contribution in [0.3, 0.4) is 0 Å². The molecule has 1 fully saturated rings. The van der Waals surface area contributed by atoms with Crippen LogP contribution < -0.4 is 5.73 Å². The van der Waals surface area contributed by atoms with Crippen LogP contribution in [-0.4, -0.2) is 18.7 Å². The summed E-state index contributed by atoms with van der Waals surface area (Å²) in [4.78, 5) is 1.08. The van der Waals surface area contributed by atoms with Crippen molar-refractivity contribution in [1.29, 1.82) is 0 Å². The highest BCUT2D eigenvalue weighted by Gasteiger charge is 2.70. The zero-order valence-electron chi connectivity index (χ0n) is 8.47. The first-order valence-corrected chi connectivity index (χ1v) is 6.01. The highest BCUT2D eigenvalue weighted by molar-refractivity contribution is 7.98. The highest BCUT2D eigenvalue weighted by atomic mass is 32.2. The number of nitrogens with two attached hydrogens (primary N) is 1. The second-order valence-electron chi connectivity index (χ2n) is 3.90. The number of hydrogen-bond donors (Lipinski definition) is 1. The molecule has 1 saturated carbocycles. The van der Waals surface area contributed by atoms with Gasteiger partial charge in [0.15, 0.2) is 0 Å². The van der Waals surface area contributed by atoms with E-state index in [2.05, 4.69) is 0 Å². The molecule has 0 heterocycles. The molecule has 0 aliphatic heterocycles. The van der Waals surface area contributed by atoms with Gasteiger partial charge in [-0.2, -0.15) is 0 Å². The molecule has 0 aromatic heterocycles. The molecule has 1 aromatic rings. The maximum atomic E-state index is 13.2. The van der Waals surface area contributed by atoms with Crippen molar-refractivity contribution in [1.82, 2.24) is 0 Å². The number of rotatable bonds is 3. The summed E-state index contributed by atoms with van der Waals surface area (Å²) in [6, 6.07) is 7.26. The van der Waals surface area contributed by atoms with Crippen LogP contribution in [0.5, 0.6) is 0 Å². The molecule has 0 spiro atoms. The summed E-state index contributed by atoms with van der Waals surface area (Å²) in [5.41, 5.74) is 5.03. The molecule has 1 nitrogen and oxygen atoms in total. The number of hydrogen-bond acceptors (Lipinski definition) is 2. The molecule has 1 unspecified atom stereocenters. The van der Waals surface area contributed by atoms with Gasteiger partial charge in [0.2, 0.25) is 0 Å². The van der Waals surface area contributed by atoms with Crippen molar-refractivity contribution in [2.45, 2.75) is 22.7 Å². The van der Waals surface area contributed by atoms with Crippen LogP contribution in [0.2, 0.25) is 0 Å². The van der Waals surface area contributed by atoms with Crippen molar-refractivity contribution in [2.75, 3.05) is 12.8 Å². The van der Waals surface area contributed by atoms with Crippen molar-refractivity contribution in [2.24, 2.45) is 5.73 Å². The third-order valence-electron chi connectivity index (χ3n) is 3.09. The fourth-order valence-electron chi connectivity index (χ4n) is 1.90. The normalized spacial score (nSPS) is 27.7. The Hall–Kier alpha value is -0.610. The van der Waals surface area contributed by atoms with Gasteiger partial charge in [0.05, 0.1) is 5.41 Å². The first-order valence-electron chi connectivity index (χ1n) is 4.78. The Morgan fingerprint density at radius 3 is 2.20 bits per heavy atom. The average Bonchev–Trinajstić information content (AvgIpc) is 2.82. The lowest BCUT2D eigenvalue weighted by atomic mass is 9.95. The zero-order valence-corrected chi connectivity index (χ0v) is 9.28. The Kier molecular flexibility index (Phi) is 2.51. The van der Waals surface area contributed by atoms with Gasteiger partial charge < -0.3 is 5.73 Å². The third kappa shape index (κ3) is 1.56. The van der Waals surface area contributed by atoms with Gasteiger partial charge in [0.25, 0.3) is 5.92 Å². The van der Waals surface area contributed by atoms with E-state index in [1.54, 1.807) is 23.9 Å². The molecule has 1 atom stereocenters. The first kappa shape index (κ1) is 10.9. The van der Waals surface area contributed by atoms with Crippen molar-refractivity contribution in [3.05, 3.63) is 29.8 Å². The van der Waals surface area contributed by atoms with E-state index >= 15 is 0 Å². The van der Waals surface area contributed by atoms with Crippen molar-refractivity contribution < 1.29 is 8.78 Å². The Bertz CT molecular complexity index is 363. The van der Waals surface area contributed by atoms with Crippen molar-refractivity contribution in [3.63, 3.8) is 0 Å². The van der Waals surface area contributed by atoms with Gasteiger partial charge in [-0.1, -0.05) is 12.1 Å². The minimum atomic E-state index is -2.62. The molecule has 2 rings (SSSR count). The maximum Gasteiger partial charge on any atom is 0.260 e. The summed E-state index contributed by atoms with van der Waals surface area (Å²) in [5, 5.41) is 0. The summed E-state index contributed by atoms with van der Waals surface area (Å²) in [5.74, 6) is -2.62. The van der Waals surface area contributed by atoms with Gasteiger partial charge in [-0.25, -0.2) is 8.78 Å². The van der Waals surface area contributed by atoms with E-state index in [9.17, 15) is 8.78 Å². The van der Waals surface area contributed by atoms with E-state index in [0.29, 0.717) is 5.56 Å². The molecule has 0 amide bonds. The van der Waals surface area contributed by atoms with E-state index in [0.717, 1.165) is 4.90 Å². The number of alkyl halides is 2. The van der Waals surface area contributed by atoms with E-state index < -0.39 is 11.3 Å². The number of thioether (sulfide) groups is 1. The van der Waals surface area contributed by atoms with E-state index in [-0.39, 0.29) is 13.0 Å². The number of benzene rings is 1. The molecule has 15 heavy (non-hydrogen) atoms. The average molecular weight is 229 g/mol. The molecule has 82 valence electrons. The maximum absolute atomic E-state index is 13.2. The van der Waals surface area contributed by atoms with Gasteiger partial charge in [0.1, 0.15) is 0 Å². The van der Waals surface area contributed by atoms with Crippen molar-refractivity contribution >= 4 is 11.8 Å². The van der Waals surface area contributed by atoms with Crippen LogP contribution >= 0.6 is 11.8 Å². The van der Waals surface area contributed by atoms with Crippen LogP contribution in [-0.2, 0) is 5.41 Å². The highest BCUT2D eigenvalue weighted by Crippen LogP contribution is 2.60. The Labute approximate surface area is 92.0 Å². The summed E-state index contributed by atoms with van der Waals surface area (Å²) in [6.07, 6.45) is 1.84. The van der Waals surface area contributed by atoms with Crippen LogP contribution in [0.15, 0.2) is 29.2 Å². The topological polar surface area (TPSA) is 26.0 Å². The van der Waals surface area contributed by atoms with Gasteiger partial charge in [-0.15, -0.1) is 11.8 Å². The molecule has 0 radical (unpaired) electrons. The largest absolute Gasteiger partial charge is 0.329 e. The minimum absolute atomic E-state index is 0.0125. The van der Waals surface area contributed by atoms with E-state index in [4.69, 9.17) is 5.73 Å². The van der Waals surface area contributed by atoms with Gasteiger partial charge in [0, 0.05) is 17.9 Å². The lowest BCUT2D eigenvalue weighted by molar-refractivity contribution is 0.0896. The summed E-state index contributed by atoms with van der Waals surface area (Å²) in [7, 11) is 0. The second-order valence-corrected chi connectivity index (χ2v) is 4.78. The zero-order chi connectivity index (χ0) is 11.1. The van der Waals surface area contributed by atoms with Crippen LogP contribution in [0.25, 0.3) is 0 Å². The van der Waals surface area contributed by atoms with Crippen LogP contribution in [0, 0.1) is 0 Å². The second kappa shape index (κ2) is 3.46. The van der Waals surface area contributed by atoms with Crippen molar-refractivity contribution in [3.8, 4) is 0 Å². The molecule has 2 N–H and O–H groups in total. The Morgan fingerprint density at radius 2 is 1.87 bits per heavy atom. The predicted molar refractivity (Wildman–Crippen MR) is 58.5 cm³/mol. The van der Waals surface area contributed by atoms with Gasteiger partial charge >= 0.3 is 0 Å². The fourth-order valence-corrected chi connectivity index (χ4v) is 2.31. The molecule has 1 aliphatic rings. The minimum Gasteiger partial charge on any atom is -0.329 e. The molecule has 0 bridgehead atoms. The lowest BCUT2D eigenvalue weighted by Gasteiger charge is -2.14. The summed E-state index contributed by atoms with van der Waals surface area (Å²) in [6.45, 7) is 0.0125. The summed E-state index contributed by atoms with van der Waals surface area (Å²) >= 11 is 1.60. The fraction of sp³-hybridized carbons (Fsp3) is 0.455. The molecule has 1 aromatic carbocycles. The van der Waals surface area contributed by atoms with Gasteiger partial charge in [-0.05, 0) is 24.0 Å². The standard InChI is InChI=1S/C11H13F2NS/c1-15-9-4-2-8(3-5-9)10(7-14)6-11(10,12)13/h2-5H,6-7,14H2,1H3. The monoisotopic (exact) mass is 229 g/mol. The first-order chi connectivity index (χ1) is 7.05. The third-order valence-corrected chi connectivity index (χ3v) is 3.83. The van der Waals surface area contributed by atoms with Crippen LogP contribution in [0.1, 0.15) is 12.0 Å². The molecule has 0 saturated heterocycles. The Balaban J connectivity index is 2.30. The lowest BCUT2D eigenvalue weighted by Crippen LogP contribution is -2.26. The molecular weight excluding hydrogens is 216 g/mol. The molecule has 1 aliphatic carbocycles. The van der Waals surface area contributed by atoms with Gasteiger partial charge in [-0.3, -0.25) is 0 Å².